The normalized spacial score (nSPS) is 13.1. The highest BCUT2D eigenvalue weighted by molar-refractivity contribution is 5.92. The molecule has 292 valence electrons. The molecular weight excluding hydrogens is 674 g/mol. The van der Waals surface area contributed by atoms with Gasteiger partial charge in [0.1, 0.15) is 23.1 Å². The summed E-state index contributed by atoms with van der Waals surface area (Å²) in [6.45, 7) is 18.8. The summed E-state index contributed by atoms with van der Waals surface area (Å²) in [5.74, 6) is -1.21. The number of rotatable bonds is 18. The van der Waals surface area contributed by atoms with Crippen molar-refractivity contribution in [3.05, 3.63) is 59.4 Å². The maximum atomic E-state index is 14.5. The van der Waals surface area contributed by atoms with Crippen LogP contribution >= 0.6 is 0 Å². The molecule has 2 aromatic carbocycles. The summed E-state index contributed by atoms with van der Waals surface area (Å²) in [7, 11) is 7.99. The highest BCUT2D eigenvalue weighted by atomic mass is 19.1. The fourth-order valence-corrected chi connectivity index (χ4v) is 9.01. The molecule has 0 bridgehead atoms. The summed E-state index contributed by atoms with van der Waals surface area (Å²) >= 11 is 0. The van der Waals surface area contributed by atoms with E-state index in [0.717, 1.165) is 67.1 Å². The van der Waals surface area contributed by atoms with E-state index in [1.807, 2.05) is 40.6 Å². The van der Waals surface area contributed by atoms with Gasteiger partial charge in [-0.2, -0.15) is 0 Å². The minimum absolute atomic E-state index is 0.152. The van der Waals surface area contributed by atoms with Crippen molar-refractivity contribution in [2.75, 3.05) is 41.3 Å². The molecule has 2 heterocycles. The van der Waals surface area contributed by atoms with Crippen molar-refractivity contribution in [3.8, 4) is 11.5 Å². The zero-order valence-electron chi connectivity index (χ0n) is 34.1. The van der Waals surface area contributed by atoms with Gasteiger partial charge in [0.25, 0.3) is 0 Å². The molecule has 10 heteroatoms. The van der Waals surface area contributed by atoms with E-state index in [1.165, 1.54) is 24.3 Å². The maximum absolute atomic E-state index is 14.5. The quantitative estimate of drug-likeness (QED) is 0.0781. The Hall–Kier alpha value is -3.76. The Balaban J connectivity index is 1.37. The third-order valence-corrected chi connectivity index (χ3v) is 9.80. The lowest BCUT2D eigenvalue weighted by Gasteiger charge is -2.42. The average Bonchev–Trinajstić information content (AvgIpc) is 3.55. The molecule has 8 nitrogen and oxygen atoms in total. The summed E-state index contributed by atoms with van der Waals surface area (Å²) < 4.78 is 40.8. The predicted octanol–water partition coefficient (Wildman–Crippen LogP) is 9.70. The number of aromatic amines is 2. The van der Waals surface area contributed by atoms with Crippen LogP contribution in [0.5, 0.6) is 11.5 Å². The van der Waals surface area contributed by atoms with Crippen LogP contribution in [0.4, 0.5) is 8.78 Å². The Morgan fingerprint density at radius 1 is 0.585 bits per heavy atom. The van der Waals surface area contributed by atoms with Crippen LogP contribution in [0.2, 0.25) is 0 Å². The molecular formula is C43H62F2N4O4. The average molecular weight is 737 g/mol. The van der Waals surface area contributed by atoms with Gasteiger partial charge in [-0.05, 0) is 105 Å². The van der Waals surface area contributed by atoms with Gasteiger partial charge in [-0.25, -0.2) is 8.78 Å². The first kappa shape index (κ1) is 42.0. The second-order valence-electron chi connectivity index (χ2n) is 18.9. The van der Waals surface area contributed by atoms with Crippen molar-refractivity contribution in [3.63, 3.8) is 0 Å². The number of benzene rings is 2. The van der Waals surface area contributed by atoms with Crippen LogP contribution in [0.25, 0.3) is 21.8 Å². The minimum atomic E-state index is -0.461. The number of nitrogens with one attached hydrogen (secondary N) is 2. The van der Waals surface area contributed by atoms with Crippen molar-refractivity contribution in [1.29, 1.82) is 0 Å². The zero-order valence-corrected chi connectivity index (χ0v) is 34.1. The van der Waals surface area contributed by atoms with Crippen LogP contribution in [0.1, 0.15) is 98.6 Å². The number of hydrogen-bond acceptors (Lipinski definition) is 6. The van der Waals surface area contributed by atoms with Crippen molar-refractivity contribution in [2.45, 2.75) is 100 Å². The Bertz CT molecular complexity index is 1760. The first-order valence-corrected chi connectivity index (χ1v) is 18.7. The van der Waals surface area contributed by atoms with Crippen LogP contribution in [0, 0.1) is 33.3 Å². The third kappa shape index (κ3) is 12.1. The molecule has 4 aromatic rings. The highest BCUT2D eigenvalue weighted by Crippen LogP contribution is 2.48. The lowest BCUT2D eigenvalue weighted by Crippen LogP contribution is -2.33. The van der Waals surface area contributed by atoms with Gasteiger partial charge in [0.2, 0.25) is 0 Å². The van der Waals surface area contributed by atoms with E-state index in [2.05, 4.69) is 75.2 Å². The highest BCUT2D eigenvalue weighted by Gasteiger charge is 2.39. The molecule has 0 atom stereocenters. The number of ether oxygens (including phenoxy) is 2. The van der Waals surface area contributed by atoms with E-state index in [1.54, 1.807) is 0 Å². The van der Waals surface area contributed by atoms with E-state index >= 15 is 0 Å². The van der Waals surface area contributed by atoms with Gasteiger partial charge >= 0.3 is 11.9 Å². The molecule has 0 fully saturated rings. The molecule has 4 rings (SSSR count). The lowest BCUT2D eigenvalue weighted by molar-refractivity contribution is -0.137. The van der Waals surface area contributed by atoms with Gasteiger partial charge in [0, 0.05) is 48.4 Å². The molecule has 2 N–H and O–H groups in total. The zero-order chi connectivity index (χ0) is 39.5. The van der Waals surface area contributed by atoms with E-state index in [0.29, 0.717) is 11.0 Å². The Morgan fingerprint density at radius 2 is 0.925 bits per heavy atom. The van der Waals surface area contributed by atoms with Crippen molar-refractivity contribution >= 4 is 33.7 Å². The number of aromatic nitrogens is 2. The van der Waals surface area contributed by atoms with Crippen LogP contribution in [0.15, 0.2) is 36.7 Å². The molecule has 0 radical (unpaired) electrons. The van der Waals surface area contributed by atoms with Gasteiger partial charge in [0.05, 0.1) is 23.9 Å². The molecule has 0 aliphatic rings. The smallest absolute Gasteiger partial charge is 0.311 e. The standard InChI is InChI=1S/C43H62F2N4O4/c1-40(2,21-36(50)52-34-19-30(44)17-32-38(34)28(23-46-32)13-15-48(9)10)25-42(5,6)27-43(7,8)26-41(3,4)22-37(51)53-35-20-31(45)18-33-39(35)29(24-47-33)14-16-49(11)12/h17-20,23-24,46-47H,13-16,21-22,25-27H2,1-12H3. The molecule has 2 aromatic heterocycles. The topological polar surface area (TPSA) is 90.7 Å². The van der Waals surface area contributed by atoms with E-state index < -0.39 is 34.4 Å². The molecule has 0 aliphatic carbocycles. The largest absolute Gasteiger partial charge is 0.426 e. The van der Waals surface area contributed by atoms with Crippen LogP contribution in [-0.2, 0) is 22.4 Å². The van der Waals surface area contributed by atoms with E-state index in [9.17, 15) is 18.4 Å². The predicted molar refractivity (Wildman–Crippen MR) is 211 cm³/mol. The van der Waals surface area contributed by atoms with Gasteiger partial charge in [0.15, 0.2) is 0 Å². The monoisotopic (exact) mass is 736 g/mol. The number of likely N-dealkylation sites (N-methyl/N-ethyl adjacent to an activating group) is 2. The summed E-state index contributed by atoms with van der Waals surface area (Å²) in [5.41, 5.74) is 2.08. The molecule has 53 heavy (non-hydrogen) atoms. The molecule has 0 aliphatic heterocycles. The number of fused-ring (bicyclic) bond motifs is 2. The van der Waals surface area contributed by atoms with Gasteiger partial charge in [-0.1, -0.05) is 55.4 Å². The first-order chi connectivity index (χ1) is 24.4. The number of H-pyrrole nitrogens is 2. The second-order valence-corrected chi connectivity index (χ2v) is 18.9. The Morgan fingerprint density at radius 3 is 1.26 bits per heavy atom. The number of carbonyl (C=O) groups excluding carboxylic acids is 2. The Labute approximate surface area is 315 Å². The number of halogens is 2. The van der Waals surface area contributed by atoms with E-state index in [-0.39, 0.29) is 35.2 Å². The second kappa shape index (κ2) is 16.3. The molecule has 0 unspecified atom stereocenters. The van der Waals surface area contributed by atoms with Crippen LogP contribution in [-0.4, -0.2) is 73.0 Å². The van der Waals surface area contributed by atoms with E-state index in [4.69, 9.17) is 9.47 Å². The number of esters is 2. The number of carbonyl (C=O) groups is 2. The summed E-state index contributed by atoms with van der Waals surface area (Å²) in [4.78, 5) is 37.2. The third-order valence-electron chi connectivity index (χ3n) is 9.80. The summed E-state index contributed by atoms with van der Waals surface area (Å²) in [6, 6.07) is 5.45. The SMILES string of the molecule is CN(C)CCc1c[nH]c2cc(F)cc(OC(=O)CC(C)(C)CC(C)(C)CC(C)(C)CC(C)(C)CC(=O)Oc3cc(F)cc4[nH]cc(CCN(C)C)c34)c12. The lowest BCUT2D eigenvalue weighted by atomic mass is 9.63. The fraction of sp³-hybridized carbons (Fsp3) is 0.581. The molecule has 0 spiro atoms. The number of hydrogen-bond donors (Lipinski definition) is 2. The minimum Gasteiger partial charge on any atom is -0.426 e. The van der Waals surface area contributed by atoms with Crippen LogP contribution in [0.3, 0.4) is 0 Å². The van der Waals surface area contributed by atoms with Crippen LogP contribution < -0.4 is 9.47 Å². The van der Waals surface area contributed by atoms with Crippen molar-refractivity contribution < 1.29 is 27.8 Å². The molecule has 0 saturated heterocycles. The van der Waals surface area contributed by atoms with Crippen molar-refractivity contribution in [1.82, 2.24) is 19.8 Å². The van der Waals surface area contributed by atoms with Gasteiger partial charge in [-0.3, -0.25) is 9.59 Å². The summed E-state index contributed by atoms with van der Waals surface area (Å²) in [6.07, 6.45) is 7.89. The Kier molecular flexibility index (Phi) is 12.9. The summed E-state index contributed by atoms with van der Waals surface area (Å²) in [5, 5.41) is 1.48. The number of nitrogens with zero attached hydrogens (tertiary/aromatic N) is 2. The molecule has 0 saturated carbocycles. The molecule has 0 amide bonds. The maximum Gasteiger partial charge on any atom is 0.311 e. The van der Waals surface area contributed by atoms with Gasteiger partial charge < -0.3 is 29.2 Å². The first-order valence-electron chi connectivity index (χ1n) is 18.7. The van der Waals surface area contributed by atoms with Crippen molar-refractivity contribution in [2.24, 2.45) is 21.7 Å². The fourth-order valence-electron chi connectivity index (χ4n) is 9.01. The van der Waals surface area contributed by atoms with Gasteiger partial charge in [-0.15, -0.1) is 0 Å².